The van der Waals surface area contributed by atoms with Gasteiger partial charge in [0, 0.05) is 48.4 Å². The first-order chi connectivity index (χ1) is 14.6. The summed E-state index contributed by atoms with van der Waals surface area (Å²) in [6, 6.07) is 5.54. The van der Waals surface area contributed by atoms with Gasteiger partial charge in [-0.15, -0.1) is 0 Å². The van der Waals surface area contributed by atoms with E-state index in [0.717, 1.165) is 34.0 Å². The predicted molar refractivity (Wildman–Crippen MR) is 121 cm³/mol. The second kappa shape index (κ2) is 8.79. The zero-order chi connectivity index (χ0) is 22.8. The van der Waals surface area contributed by atoms with Gasteiger partial charge in [0.15, 0.2) is 5.78 Å². The number of carbonyl (C=O) groups is 2. The zero-order valence-corrected chi connectivity index (χ0v) is 18.9. The monoisotopic (exact) mass is 420 g/mol. The third-order valence-corrected chi connectivity index (χ3v) is 4.75. The molecule has 3 heterocycles. The molecule has 0 fully saturated rings. The van der Waals surface area contributed by atoms with Crippen LogP contribution in [0.4, 0.5) is 10.6 Å². The Balaban J connectivity index is 1.88. The second-order valence-corrected chi connectivity index (χ2v) is 8.56. The van der Waals surface area contributed by atoms with Crippen LogP contribution in [0.15, 0.2) is 36.8 Å². The average molecular weight is 421 g/mol. The lowest BCUT2D eigenvalue weighted by atomic mass is 10.0. The van der Waals surface area contributed by atoms with Crippen LogP contribution < -0.4 is 4.90 Å². The number of ether oxygens (including phenoxy) is 1. The maximum absolute atomic E-state index is 12.3. The topological polar surface area (TPSA) is 85.3 Å². The number of aryl methyl sites for hydroxylation is 1. The van der Waals surface area contributed by atoms with E-state index in [1.54, 1.807) is 31.7 Å². The number of aromatic nitrogens is 3. The Hall–Kier alpha value is -3.35. The number of hydrogen-bond acceptors (Lipinski definition) is 6. The van der Waals surface area contributed by atoms with Gasteiger partial charge in [0.25, 0.3) is 0 Å². The summed E-state index contributed by atoms with van der Waals surface area (Å²) in [5.41, 5.74) is 2.46. The van der Waals surface area contributed by atoms with Crippen LogP contribution in [0, 0.1) is 6.92 Å². The molecule has 3 aromatic heterocycles. The van der Waals surface area contributed by atoms with Crippen molar-refractivity contribution >= 4 is 28.5 Å². The first-order valence-corrected chi connectivity index (χ1v) is 10.3. The van der Waals surface area contributed by atoms with Gasteiger partial charge in [-0.3, -0.25) is 19.7 Å². The van der Waals surface area contributed by atoms with Crippen molar-refractivity contribution in [2.24, 2.45) is 0 Å². The molecule has 0 atom stereocenters. The molecule has 0 saturated heterocycles. The van der Waals surface area contributed by atoms with E-state index in [-0.39, 0.29) is 5.78 Å². The van der Waals surface area contributed by atoms with Crippen molar-refractivity contribution in [2.75, 3.05) is 11.9 Å². The average Bonchev–Trinajstić information content (AvgIpc) is 2.71. The second-order valence-electron chi connectivity index (χ2n) is 8.56. The number of fused-ring (bicyclic) bond motifs is 1. The van der Waals surface area contributed by atoms with Crippen LogP contribution in [0.25, 0.3) is 22.0 Å². The number of carbonyl (C=O) groups excluding carboxylic acids is 2. The largest absolute Gasteiger partial charge is 0.443 e. The van der Waals surface area contributed by atoms with Crippen molar-refractivity contribution in [3.05, 3.63) is 48.0 Å². The molecular formula is C24H28N4O3. The molecule has 0 spiro atoms. The van der Waals surface area contributed by atoms with E-state index >= 15 is 0 Å². The smallest absolute Gasteiger partial charge is 0.415 e. The Bertz CT molecular complexity index is 1140. The molecule has 0 bridgehead atoms. The maximum Gasteiger partial charge on any atom is 0.415 e. The molecular weight excluding hydrogens is 392 g/mol. The maximum atomic E-state index is 12.3. The predicted octanol–water partition coefficient (Wildman–Crippen LogP) is 5.35. The molecule has 0 aliphatic carbocycles. The van der Waals surface area contributed by atoms with Crippen molar-refractivity contribution in [3.63, 3.8) is 0 Å². The van der Waals surface area contributed by atoms with Crippen LogP contribution in [0.3, 0.4) is 0 Å². The lowest BCUT2D eigenvalue weighted by molar-refractivity contribution is 0.0588. The number of rotatable bonds is 5. The highest BCUT2D eigenvalue weighted by atomic mass is 16.6. The number of pyridine rings is 3. The summed E-state index contributed by atoms with van der Waals surface area (Å²) < 4.78 is 5.40. The zero-order valence-electron chi connectivity index (χ0n) is 18.9. The van der Waals surface area contributed by atoms with E-state index in [0.29, 0.717) is 17.9 Å². The van der Waals surface area contributed by atoms with Crippen molar-refractivity contribution in [2.45, 2.75) is 53.1 Å². The van der Waals surface area contributed by atoms with Crippen molar-refractivity contribution in [1.29, 1.82) is 0 Å². The van der Waals surface area contributed by atoms with Gasteiger partial charge in [0.1, 0.15) is 17.1 Å². The summed E-state index contributed by atoms with van der Waals surface area (Å²) in [4.78, 5) is 39.1. The fourth-order valence-electron chi connectivity index (χ4n) is 3.11. The minimum absolute atomic E-state index is 0.0504. The lowest BCUT2D eigenvalue weighted by Gasteiger charge is -2.24. The normalized spacial score (nSPS) is 11.4. The first kappa shape index (κ1) is 22.3. The molecule has 0 aliphatic heterocycles. The van der Waals surface area contributed by atoms with E-state index < -0.39 is 11.7 Å². The molecule has 1 amide bonds. The fraction of sp³-hybridized carbons (Fsp3) is 0.375. The van der Waals surface area contributed by atoms with E-state index in [9.17, 15) is 9.59 Å². The number of anilines is 1. The summed E-state index contributed by atoms with van der Waals surface area (Å²) in [6.07, 6.45) is 5.97. The Morgan fingerprint density at radius 2 is 1.68 bits per heavy atom. The van der Waals surface area contributed by atoms with E-state index in [1.807, 2.05) is 46.8 Å². The van der Waals surface area contributed by atoms with Crippen molar-refractivity contribution in [3.8, 4) is 11.3 Å². The molecule has 3 rings (SSSR count). The highest BCUT2D eigenvalue weighted by molar-refractivity contribution is 5.95. The number of amides is 1. The van der Waals surface area contributed by atoms with Gasteiger partial charge < -0.3 is 4.74 Å². The quantitative estimate of drug-likeness (QED) is 0.517. The summed E-state index contributed by atoms with van der Waals surface area (Å²) in [6.45, 7) is 9.38. The number of ketones is 1. The third kappa shape index (κ3) is 5.23. The van der Waals surface area contributed by atoms with Crippen LogP contribution >= 0.6 is 0 Å². The van der Waals surface area contributed by atoms with Gasteiger partial charge >= 0.3 is 6.09 Å². The van der Waals surface area contributed by atoms with Gasteiger partial charge in [-0.25, -0.2) is 9.78 Å². The minimum Gasteiger partial charge on any atom is -0.443 e. The van der Waals surface area contributed by atoms with Crippen LogP contribution in [-0.2, 0) is 4.74 Å². The fourth-order valence-corrected chi connectivity index (χ4v) is 3.11. The Morgan fingerprint density at radius 1 is 1.00 bits per heavy atom. The number of nitrogens with zero attached hydrogens (tertiary/aromatic N) is 4. The van der Waals surface area contributed by atoms with Crippen LogP contribution in [0.2, 0.25) is 0 Å². The van der Waals surface area contributed by atoms with Crippen LogP contribution in [-0.4, -0.2) is 39.5 Å². The van der Waals surface area contributed by atoms with Gasteiger partial charge in [-0.2, -0.15) is 0 Å². The minimum atomic E-state index is -0.582. The third-order valence-electron chi connectivity index (χ3n) is 4.75. The first-order valence-electron chi connectivity index (χ1n) is 10.3. The van der Waals surface area contributed by atoms with Crippen molar-refractivity contribution in [1.82, 2.24) is 15.0 Å². The van der Waals surface area contributed by atoms with Gasteiger partial charge in [0.05, 0.1) is 5.69 Å². The lowest BCUT2D eigenvalue weighted by Crippen LogP contribution is -2.34. The standard InChI is InChI=1S/C24H28N4O3/c1-7-8-21(29)20-9-15(2)18(14-26-20)19-10-16-13-27-22(11-17(16)12-25-19)28(6)23(30)31-24(3,4)5/h9-14H,7-8H2,1-6H3. The van der Waals surface area contributed by atoms with E-state index in [1.165, 1.54) is 4.90 Å². The molecule has 7 nitrogen and oxygen atoms in total. The molecule has 0 radical (unpaired) electrons. The van der Waals surface area contributed by atoms with E-state index in [4.69, 9.17) is 4.74 Å². The molecule has 162 valence electrons. The molecule has 0 aromatic carbocycles. The number of Topliss-reactive ketones (excluding diaryl/α,β-unsaturated/α-hetero) is 1. The van der Waals surface area contributed by atoms with Gasteiger partial charge in [-0.05, 0) is 57.9 Å². The molecule has 0 unspecified atom stereocenters. The van der Waals surface area contributed by atoms with Crippen molar-refractivity contribution < 1.29 is 14.3 Å². The summed E-state index contributed by atoms with van der Waals surface area (Å²) in [5, 5.41) is 1.74. The highest BCUT2D eigenvalue weighted by Crippen LogP contribution is 2.26. The van der Waals surface area contributed by atoms with Gasteiger partial charge in [-0.1, -0.05) is 6.92 Å². The molecule has 7 heteroatoms. The van der Waals surface area contributed by atoms with Crippen LogP contribution in [0.5, 0.6) is 0 Å². The summed E-state index contributed by atoms with van der Waals surface area (Å²) >= 11 is 0. The van der Waals surface area contributed by atoms with E-state index in [2.05, 4.69) is 15.0 Å². The van der Waals surface area contributed by atoms with Gasteiger partial charge in [0.2, 0.25) is 0 Å². The van der Waals surface area contributed by atoms with Crippen LogP contribution in [0.1, 0.15) is 56.6 Å². The SMILES string of the molecule is CCCC(=O)c1cc(C)c(-c2cc3cnc(N(C)C(=O)OC(C)(C)C)cc3cn2)cn1. The molecule has 0 N–H and O–H groups in total. The Labute approximate surface area is 182 Å². The molecule has 0 aliphatic rings. The molecule has 3 aromatic rings. The molecule has 31 heavy (non-hydrogen) atoms. The Morgan fingerprint density at radius 3 is 2.32 bits per heavy atom. The number of hydrogen-bond donors (Lipinski definition) is 0. The Kier molecular flexibility index (Phi) is 6.34. The molecule has 0 saturated carbocycles. The summed E-state index contributed by atoms with van der Waals surface area (Å²) in [7, 11) is 1.63. The highest BCUT2D eigenvalue weighted by Gasteiger charge is 2.21. The summed E-state index contributed by atoms with van der Waals surface area (Å²) in [5.74, 6) is 0.530.